The zero-order valence-electron chi connectivity index (χ0n) is 15.8. The molecule has 0 saturated heterocycles. The van der Waals surface area contributed by atoms with E-state index < -0.39 is 0 Å². The monoisotopic (exact) mass is 354 g/mol. The van der Waals surface area contributed by atoms with Gasteiger partial charge >= 0.3 is 0 Å². The van der Waals surface area contributed by atoms with Crippen LogP contribution in [-0.2, 0) is 0 Å². The van der Waals surface area contributed by atoms with Crippen LogP contribution in [0.15, 0.2) is 78.9 Å². The second-order valence-corrected chi connectivity index (χ2v) is 6.62. The van der Waals surface area contributed by atoms with Gasteiger partial charge in [-0.05, 0) is 69.8 Å². The van der Waals surface area contributed by atoms with Gasteiger partial charge in [0.15, 0.2) is 0 Å². The summed E-state index contributed by atoms with van der Waals surface area (Å²) >= 11 is 0. The Morgan fingerprint density at radius 3 is 1.67 bits per heavy atom. The molecule has 0 spiro atoms. The Labute approximate surface area is 160 Å². The second kappa shape index (κ2) is 7.16. The van der Waals surface area contributed by atoms with E-state index in [4.69, 9.17) is 9.47 Å². The van der Waals surface area contributed by atoms with Crippen LogP contribution < -0.4 is 9.47 Å². The average Bonchev–Trinajstić information content (AvgIpc) is 2.73. The summed E-state index contributed by atoms with van der Waals surface area (Å²) in [4.78, 5) is 0. The summed E-state index contributed by atoms with van der Waals surface area (Å²) in [5.41, 5.74) is 6.12. The van der Waals surface area contributed by atoms with Crippen LogP contribution >= 0.6 is 0 Å². The highest BCUT2D eigenvalue weighted by Crippen LogP contribution is 2.41. The van der Waals surface area contributed by atoms with Gasteiger partial charge in [0, 0.05) is 0 Å². The van der Waals surface area contributed by atoms with Crippen molar-refractivity contribution >= 4 is 10.8 Å². The lowest BCUT2D eigenvalue weighted by Gasteiger charge is -2.18. The van der Waals surface area contributed by atoms with Gasteiger partial charge in [-0.2, -0.15) is 0 Å². The van der Waals surface area contributed by atoms with Crippen molar-refractivity contribution in [3.05, 3.63) is 84.4 Å². The molecule has 0 unspecified atom stereocenters. The van der Waals surface area contributed by atoms with Crippen LogP contribution in [0.2, 0.25) is 0 Å². The molecule has 0 radical (unpaired) electrons. The quantitative estimate of drug-likeness (QED) is 0.416. The molecule has 0 bridgehead atoms. The average molecular weight is 354 g/mol. The molecular formula is C25H22O2. The Morgan fingerprint density at radius 1 is 0.593 bits per heavy atom. The number of methoxy groups -OCH3 is 2. The molecule has 0 aromatic heterocycles. The van der Waals surface area contributed by atoms with Gasteiger partial charge in [0.05, 0.1) is 14.2 Å². The van der Waals surface area contributed by atoms with E-state index in [1.807, 2.05) is 24.3 Å². The molecule has 0 saturated carbocycles. The van der Waals surface area contributed by atoms with Crippen LogP contribution in [0.4, 0.5) is 0 Å². The van der Waals surface area contributed by atoms with E-state index in [-0.39, 0.29) is 0 Å². The topological polar surface area (TPSA) is 18.5 Å². The third-order valence-corrected chi connectivity index (χ3v) is 5.00. The van der Waals surface area contributed by atoms with Crippen molar-refractivity contribution in [3.8, 4) is 33.8 Å². The first-order valence-corrected chi connectivity index (χ1v) is 9.02. The molecule has 0 aliphatic rings. The Morgan fingerprint density at radius 2 is 1.11 bits per heavy atom. The maximum atomic E-state index is 5.34. The first-order chi connectivity index (χ1) is 13.2. The summed E-state index contributed by atoms with van der Waals surface area (Å²) in [6, 6.07) is 27.4. The van der Waals surface area contributed by atoms with Crippen molar-refractivity contribution in [1.82, 2.24) is 0 Å². The Bertz CT molecular complexity index is 1080. The highest BCUT2D eigenvalue weighted by atomic mass is 16.5. The van der Waals surface area contributed by atoms with E-state index in [9.17, 15) is 0 Å². The number of rotatable bonds is 4. The molecule has 4 aromatic carbocycles. The summed E-state index contributed by atoms with van der Waals surface area (Å²) in [5.74, 6) is 1.73. The molecule has 27 heavy (non-hydrogen) atoms. The van der Waals surface area contributed by atoms with Gasteiger partial charge in [-0.15, -0.1) is 0 Å². The minimum Gasteiger partial charge on any atom is -0.497 e. The third kappa shape index (κ3) is 3.15. The summed E-state index contributed by atoms with van der Waals surface area (Å²) in [7, 11) is 3.39. The maximum Gasteiger partial charge on any atom is 0.118 e. The normalized spacial score (nSPS) is 10.8. The second-order valence-electron chi connectivity index (χ2n) is 6.62. The fourth-order valence-corrected chi connectivity index (χ4v) is 3.68. The molecule has 4 rings (SSSR count). The predicted molar refractivity (Wildman–Crippen MR) is 113 cm³/mol. The van der Waals surface area contributed by atoms with E-state index >= 15 is 0 Å². The molecule has 2 nitrogen and oxygen atoms in total. The molecule has 0 atom stereocenters. The number of benzene rings is 4. The summed E-state index contributed by atoms with van der Waals surface area (Å²) in [5, 5.41) is 2.50. The standard InChI is InChI=1S/C25H22O2/c1-17-16-20-6-4-5-7-23(20)25(19-10-14-22(27-3)15-11-19)24(17)18-8-12-21(26-2)13-9-18/h4-16H,1-3H3. The lowest BCUT2D eigenvalue weighted by atomic mass is 9.86. The molecule has 4 aromatic rings. The zero-order valence-corrected chi connectivity index (χ0v) is 15.8. The largest absolute Gasteiger partial charge is 0.497 e. The predicted octanol–water partition coefficient (Wildman–Crippen LogP) is 6.50. The van der Waals surface area contributed by atoms with Crippen LogP contribution in [0.3, 0.4) is 0 Å². The highest BCUT2D eigenvalue weighted by molar-refractivity contribution is 6.05. The molecule has 0 aliphatic heterocycles. The van der Waals surface area contributed by atoms with E-state index in [0.717, 1.165) is 11.5 Å². The van der Waals surface area contributed by atoms with E-state index in [1.165, 1.54) is 38.6 Å². The molecule has 2 heteroatoms. The molecule has 0 aliphatic carbocycles. The Hall–Kier alpha value is -3.26. The van der Waals surface area contributed by atoms with E-state index in [2.05, 4.69) is 61.5 Å². The maximum absolute atomic E-state index is 5.34. The van der Waals surface area contributed by atoms with Crippen LogP contribution in [0.1, 0.15) is 5.56 Å². The van der Waals surface area contributed by atoms with Gasteiger partial charge in [-0.1, -0.05) is 54.6 Å². The lowest BCUT2D eigenvalue weighted by molar-refractivity contribution is 0.414. The zero-order chi connectivity index (χ0) is 18.8. The fourth-order valence-electron chi connectivity index (χ4n) is 3.68. The summed E-state index contributed by atoms with van der Waals surface area (Å²) in [6.07, 6.45) is 0. The van der Waals surface area contributed by atoms with Crippen molar-refractivity contribution in [3.63, 3.8) is 0 Å². The van der Waals surface area contributed by atoms with Crippen LogP contribution in [0.5, 0.6) is 11.5 Å². The number of hydrogen-bond acceptors (Lipinski definition) is 2. The number of hydrogen-bond donors (Lipinski definition) is 0. The smallest absolute Gasteiger partial charge is 0.118 e. The SMILES string of the molecule is COc1ccc(-c2c(C)cc3ccccc3c2-c2ccc(OC)cc2)cc1. The lowest BCUT2D eigenvalue weighted by Crippen LogP contribution is -1.93. The number of aryl methyl sites for hydroxylation is 1. The van der Waals surface area contributed by atoms with Gasteiger partial charge < -0.3 is 9.47 Å². The van der Waals surface area contributed by atoms with Gasteiger partial charge in [0.2, 0.25) is 0 Å². The van der Waals surface area contributed by atoms with Crippen molar-refractivity contribution < 1.29 is 9.47 Å². The van der Waals surface area contributed by atoms with Crippen molar-refractivity contribution in [2.24, 2.45) is 0 Å². The first kappa shape index (κ1) is 17.2. The van der Waals surface area contributed by atoms with Gasteiger partial charge in [0.25, 0.3) is 0 Å². The van der Waals surface area contributed by atoms with Crippen molar-refractivity contribution in [1.29, 1.82) is 0 Å². The molecule has 134 valence electrons. The Kier molecular flexibility index (Phi) is 4.55. The highest BCUT2D eigenvalue weighted by Gasteiger charge is 2.15. The Balaban J connectivity index is 2.02. The number of fused-ring (bicyclic) bond motifs is 1. The fraction of sp³-hybridized carbons (Fsp3) is 0.120. The van der Waals surface area contributed by atoms with E-state index in [1.54, 1.807) is 14.2 Å². The van der Waals surface area contributed by atoms with Crippen molar-refractivity contribution in [2.45, 2.75) is 6.92 Å². The minimum absolute atomic E-state index is 0.863. The molecule has 0 amide bonds. The first-order valence-electron chi connectivity index (χ1n) is 9.02. The van der Waals surface area contributed by atoms with Gasteiger partial charge in [0.1, 0.15) is 11.5 Å². The molecular weight excluding hydrogens is 332 g/mol. The molecule has 0 N–H and O–H groups in total. The van der Waals surface area contributed by atoms with Crippen LogP contribution in [0, 0.1) is 6.92 Å². The van der Waals surface area contributed by atoms with Gasteiger partial charge in [-0.3, -0.25) is 0 Å². The summed E-state index contributed by atoms with van der Waals surface area (Å²) < 4.78 is 10.7. The van der Waals surface area contributed by atoms with Gasteiger partial charge in [-0.25, -0.2) is 0 Å². The minimum atomic E-state index is 0.863. The molecule has 0 fully saturated rings. The van der Waals surface area contributed by atoms with Crippen LogP contribution in [-0.4, -0.2) is 14.2 Å². The number of ether oxygens (including phenoxy) is 2. The van der Waals surface area contributed by atoms with E-state index in [0.29, 0.717) is 0 Å². The van der Waals surface area contributed by atoms with Crippen molar-refractivity contribution in [2.75, 3.05) is 14.2 Å². The summed E-state index contributed by atoms with van der Waals surface area (Å²) in [6.45, 7) is 2.18. The van der Waals surface area contributed by atoms with Crippen LogP contribution in [0.25, 0.3) is 33.0 Å². The molecule has 0 heterocycles. The third-order valence-electron chi connectivity index (χ3n) is 5.00.